The third-order valence-electron chi connectivity index (χ3n) is 8.70. The van der Waals surface area contributed by atoms with Gasteiger partial charge in [0.25, 0.3) is 5.69 Å². The molecule has 0 aromatic heterocycles. The monoisotopic (exact) mass is 398 g/mol. The van der Waals surface area contributed by atoms with Crippen LogP contribution in [0.15, 0.2) is 18.2 Å². The Morgan fingerprint density at radius 3 is 2.76 bits per heavy atom. The summed E-state index contributed by atoms with van der Waals surface area (Å²) in [6, 6.07) is 5.93. The minimum Gasteiger partial charge on any atom is -0.376 e. The lowest BCUT2D eigenvalue weighted by molar-refractivity contribution is -0.384. The molecule has 2 bridgehead atoms. The normalized spacial score (nSPS) is 35.0. The Hall–Kier alpha value is -1.82. The van der Waals surface area contributed by atoms with Crippen LogP contribution >= 0.6 is 0 Å². The first-order valence-electron chi connectivity index (χ1n) is 11.4. The SMILES string of the molecule is C[C@H](Nc1cc(N2CCN(C)CC2)ccc1[N+](=O)[O-])[C@@]12CCC[C@H]3C[C@@H](C[C@H]31)C2. The van der Waals surface area contributed by atoms with Crippen molar-refractivity contribution in [2.45, 2.75) is 51.5 Å². The van der Waals surface area contributed by atoms with Gasteiger partial charge in [-0.1, -0.05) is 12.8 Å². The molecule has 1 aliphatic heterocycles. The van der Waals surface area contributed by atoms with Crippen LogP contribution in [0.3, 0.4) is 0 Å². The van der Waals surface area contributed by atoms with Crippen molar-refractivity contribution in [2.75, 3.05) is 43.4 Å². The van der Waals surface area contributed by atoms with E-state index in [4.69, 9.17) is 0 Å². The topological polar surface area (TPSA) is 61.6 Å². The third kappa shape index (κ3) is 3.20. The molecule has 3 saturated carbocycles. The molecule has 6 nitrogen and oxygen atoms in total. The molecular weight excluding hydrogens is 364 g/mol. The van der Waals surface area contributed by atoms with Crippen molar-refractivity contribution in [1.29, 1.82) is 0 Å². The number of hydrogen-bond donors (Lipinski definition) is 1. The van der Waals surface area contributed by atoms with Crippen LogP contribution in [0.5, 0.6) is 0 Å². The molecular formula is C23H34N4O2. The maximum atomic E-state index is 11.7. The second-order valence-corrected chi connectivity index (χ2v) is 10.1. The van der Waals surface area contributed by atoms with Crippen LogP contribution in [0.2, 0.25) is 0 Å². The molecule has 1 saturated heterocycles. The van der Waals surface area contributed by atoms with Gasteiger partial charge in [-0.3, -0.25) is 10.1 Å². The van der Waals surface area contributed by atoms with Crippen LogP contribution in [0.1, 0.15) is 45.4 Å². The largest absolute Gasteiger partial charge is 0.376 e. The first-order valence-corrected chi connectivity index (χ1v) is 11.4. The first-order chi connectivity index (χ1) is 14.0. The Kier molecular flexibility index (Phi) is 4.72. The van der Waals surface area contributed by atoms with Crippen LogP contribution in [0.25, 0.3) is 0 Å². The predicted octanol–water partition coefficient (Wildman–Crippen LogP) is 4.36. The lowest BCUT2D eigenvalue weighted by atomic mass is 9.58. The molecule has 5 atom stereocenters. The molecule has 4 aliphatic rings. The van der Waals surface area contributed by atoms with Gasteiger partial charge in [0.05, 0.1) is 4.92 Å². The zero-order chi connectivity index (χ0) is 20.2. The highest BCUT2D eigenvalue weighted by Crippen LogP contribution is 2.66. The maximum absolute atomic E-state index is 11.7. The van der Waals surface area contributed by atoms with Crippen molar-refractivity contribution in [3.05, 3.63) is 28.3 Å². The number of hydrogen-bond acceptors (Lipinski definition) is 5. The van der Waals surface area contributed by atoms with Crippen LogP contribution < -0.4 is 10.2 Å². The van der Waals surface area contributed by atoms with Crippen LogP contribution in [-0.4, -0.2) is 49.1 Å². The smallest absolute Gasteiger partial charge is 0.292 e. The average Bonchev–Trinajstić information content (AvgIpc) is 3.28. The van der Waals surface area contributed by atoms with Gasteiger partial charge in [-0.25, -0.2) is 0 Å². The van der Waals surface area contributed by atoms with Crippen LogP contribution in [0.4, 0.5) is 17.1 Å². The fourth-order valence-corrected chi connectivity index (χ4v) is 7.25. The number of nitro benzene ring substituents is 1. The van der Waals surface area contributed by atoms with E-state index < -0.39 is 0 Å². The summed E-state index contributed by atoms with van der Waals surface area (Å²) < 4.78 is 0. The zero-order valence-corrected chi connectivity index (χ0v) is 17.8. The van der Waals surface area contributed by atoms with Crippen molar-refractivity contribution >= 4 is 17.1 Å². The molecule has 0 unspecified atom stereocenters. The standard InChI is InChI=1S/C23H34N4O2/c1-16(23-7-3-4-18-12-17(15-23)13-20(18)23)24-21-14-19(5-6-22(21)27(28)29)26-10-8-25(2)9-11-26/h5-6,14,16-18,20,24H,3-4,7-13,15H2,1-2H3/t16-,17-,18-,20+,23-/m0/s1. The van der Waals surface area contributed by atoms with Gasteiger partial charge < -0.3 is 15.1 Å². The zero-order valence-electron chi connectivity index (χ0n) is 17.8. The lowest BCUT2D eigenvalue weighted by Gasteiger charge is -2.50. The van der Waals surface area contributed by atoms with Crippen molar-refractivity contribution in [2.24, 2.45) is 23.2 Å². The number of piperazine rings is 1. The van der Waals surface area contributed by atoms with E-state index in [1.54, 1.807) is 6.07 Å². The van der Waals surface area contributed by atoms with E-state index >= 15 is 0 Å². The van der Waals surface area contributed by atoms with E-state index in [0.717, 1.165) is 49.6 Å². The van der Waals surface area contributed by atoms with E-state index in [-0.39, 0.29) is 16.7 Å². The predicted molar refractivity (Wildman–Crippen MR) is 116 cm³/mol. The molecule has 6 heteroatoms. The molecule has 1 heterocycles. The Morgan fingerprint density at radius 1 is 1.24 bits per heavy atom. The minimum atomic E-state index is -0.231. The Bertz CT molecular complexity index is 791. The van der Waals surface area contributed by atoms with E-state index in [1.165, 1.54) is 38.5 Å². The van der Waals surface area contributed by atoms with E-state index in [9.17, 15) is 10.1 Å². The molecule has 0 spiro atoms. The maximum Gasteiger partial charge on any atom is 0.292 e. The fourth-order valence-electron chi connectivity index (χ4n) is 7.25. The number of benzene rings is 1. The van der Waals surface area contributed by atoms with Crippen molar-refractivity contribution in [1.82, 2.24) is 4.90 Å². The summed E-state index contributed by atoms with van der Waals surface area (Å²) in [7, 11) is 2.15. The Morgan fingerprint density at radius 2 is 2.03 bits per heavy atom. The first kappa shape index (κ1) is 19.2. The van der Waals surface area contributed by atoms with Crippen LogP contribution in [0, 0.1) is 33.3 Å². The number of anilines is 2. The second kappa shape index (κ2) is 7.15. The molecule has 1 aromatic carbocycles. The Labute approximate surface area is 173 Å². The molecule has 3 aliphatic carbocycles. The number of nitrogens with one attached hydrogen (secondary N) is 1. The second-order valence-electron chi connectivity index (χ2n) is 10.1. The third-order valence-corrected chi connectivity index (χ3v) is 8.70. The molecule has 4 fully saturated rings. The molecule has 158 valence electrons. The number of rotatable bonds is 5. The summed E-state index contributed by atoms with van der Waals surface area (Å²) in [4.78, 5) is 16.2. The van der Waals surface area contributed by atoms with Crippen molar-refractivity contribution in [3.8, 4) is 0 Å². The number of nitro groups is 1. The molecule has 5 rings (SSSR count). The summed E-state index contributed by atoms with van der Waals surface area (Å²) in [5.41, 5.74) is 2.36. The quantitative estimate of drug-likeness (QED) is 0.590. The fraction of sp³-hybridized carbons (Fsp3) is 0.739. The molecule has 29 heavy (non-hydrogen) atoms. The highest BCUT2D eigenvalue weighted by atomic mass is 16.6. The summed E-state index contributed by atoms with van der Waals surface area (Å²) in [6.45, 7) is 6.29. The van der Waals surface area contributed by atoms with Gasteiger partial charge in [-0.2, -0.15) is 0 Å². The number of fused-ring (bicyclic) bond motifs is 1. The lowest BCUT2D eigenvalue weighted by Crippen LogP contribution is -2.47. The Balaban J connectivity index is 1.41. The van der Waals surface area contributed by atoms with E-state index in [2.05, 4.69) is 29.1 Å². The summed E-state index contributed by atoms with van der Waals surface area (Å²) >= 11 is 0. The molecule has 0 amide bonds. The van der Waals surface area contributed by atoms with Gasteiger partial charge in [-0.05, 0) is 75.0 Å². The van der Waals surface area contributed by atoms with Gasteiger partial charge >= 0.3 is 0 Å². The van der Waals surface area contributed by atoms with Gasteiger partial charge in [0.2, 0.25) is 0 Å². The van der Waals surface area contributed by atoms with Gasteiger partial charge in [-0.15, -0.1) is 0 Å². The van der Waals surface area contributed by atoms with E-state index in [1.807, 2.05) is 12.1 Å². The summed E-state index contributed by atoms with van der Waals surface area (Å²) in [6.07, 6.45) is 8.13. The summed E-state index contributed by atoms with van der Waals surface area (Å²) in [5, 5.41) is 15.4. The highest BCUT2D eigenvalue weighted by molar-refractivity contribution is 5.69. The van der Waals surface area contributed by atoms with Crippen molar-refractivity contribution < 1.29 is 4.92 Å². The summed E-state index contributed by atoms with van der Waals surface area (Å²) in [5.74, 6) is 2.61. The number of nitrogens with zero attached hydrogens (tertiary/aromatic N) is 3. The van der Waals surface area contributed by atoms with Gasteiger partial charge in [0.15, 0.2) is 0 Å². The van der Waals surface area contributed by atoms with Crippen LogP contribution in [-0.2, 0) is 0 Å². The van der Waals surface area contributed by atoms with Crippen molar-refractivity contribution in [3.63, 3.8) is 0 Å². The molecule has 1 N–H and O–H groups in total. The molecule has 0 radical (unpaired) electrons. The highest BCUT2D eigenvalue weighted by Gasteiger charge is 2.59. The van der Waals surface area contributed by atoms with Gasteiger partial charge in [0, 0.05) is 44.0 Å². The average molecular weight is 399 g/mol. The van der Waals surface area contributed by atoms with Gasteiger partial charge in [0.1, 0.15) is 5.69 Å². The van der Waals surface area contributed by atoms with E-state index in [0.29, 0.717) is 11.1 Å². The minimum absolute atomic E-state index is 0.210. The number of likely N-dealkylation sites (N-methyl/N-ethyl adjacent to an activating group) is 1. The molecule has 1 aromatic rings.